The molecular weight excluding hydrogens is 507 g/mol. The van der Waals surface area contributed by atoms with E-state index in [4.69, 9.17) is 5.26 Å². The zero-order chi connectivity index (χ0) is 22.7. The Morgan fingerprint density at radius 3 is 1.07 bits per heavy atom. The van der Waals surface area contributed by atoms with Gasteiger partial charge in [0, 0.05) is 28.3 Å². The van der Waals surface area contributed by atoms with Crippen molar-refractivity contribution in [2.24, 2.45) is 0 Å². The standard InChI is InChI=1S/C3H4Cl2O5S2.C3H4F2O5S2.C2H3N/c2*4-11(7,8)1-3(6)2-12(5,9)10;1-2-3/h2*1-2H2;1H3. The molecule has 0 rings (SSSR count). The number of Topliss-reactive ketones (excluding diaryl/α,β-unsaturated/α-hetero) is 2. The maximum absolute atomic E-state index is 11.6. The fourth-order valence-electron chi connectivity index (χ4n) is 0.853. The number of hydrogen-bond acceptors (Lipinski definition) is 11. The predicted molar refractivity (Wildman–Crippen MR) is 90.4 cm³/mol. The molecule has 0 aromatic heterocycles. The van der Waals surface area contributed by atoms with E-state index in [-0.39, 0.29) is 0 Å². The van der Waals surface area contributed by atoms with Crippen LogP contribution in [0.1, 0.15) is 6.92 Å². The first-order valence-electron chi connectivity index (χ1n) is 5.65. The normalized spacial score (nSPS) is 11.7. The van der Waals surface area contributed by atoms with E-state index in [1.165, 1.54) is 6.92 Å². The van der Waals surface area contributed by atoms with Crippen LogP contribution in [0.2, 0.25) is 0 Å². The quantitative estimate of drug-likeness (QED) is 0.371. The number of carbonyl (C=O) groups is 2. The van der Waals surface area contributed by atoms with Crippen LogP contribution < -0.4 is 0 Å². The molecule has 0 aliphatic carbocycles. The average molecular weight is 518 g/mol. The monoisotopic (exact) mass is 517 g/mol. The lowest BCUT2D eigenvalue weighted by Gasteiger charge is -1.93. The topological polar surface area (TPSA) is 194 Å². The molecule has 0 radical (unpaired) electrons. The van der Waals surface area contributed by atoms with Crippen molar-refractivity contribution >= 4 is 71.5 Å². The second kappa shape index (κ2) is 12.5. The minimum Gasteiger partial charge on any atom is -0.297 e. The van der Waals surface area contributed by atoms with E-state index in [9.17, 15) is 51.0 Å². The summed E-state index contributed by atoms with van der Waals surface area (Å²) in [6, 6.07) is 1.75. The fraction of sp³-hybridized carbons (Fsp3) is 0.625. The van der Waals surface area contributed by atoms with E-state index in [2.05, 4.69) is 21.4 Å². The van der Waals surface area contributed by atoms with Crippen molar-refractivity contribution in [3.63, 3.8) is 0 Å². The molecule has 0 spiro atoms. The molecule has 0 aromatic rings. The molecule has 0 bridgehead atoms. The van der Waals surface area contributed by atoms with E-state index in [0.29, 0.717) is 0 Å². The Hall–Kier alpha value is -0.930. The molecule has 0 N–H and O–H groups in total. The van der Waals surface area contributed by atoms with Gasteiger partial charge in [0.15, 0.2) is 11.6 Å². The SMILES string of the molecule is CC#N.O=C(CS(=O)(=O)Cl)CS(=O)(=O)Cl.O=C(CS(=O)(=O)F)CS(=O)(=O)F. The van der Waals surface area contributed by atoms with E-state index in [1.807, 2.05) is 0 Å². The number of carbonyl (C=O) groups excluding carboxylic acids is 2. The van der Waals surface area contributed by atoms with Gasteiger partial charge in [0.2, 0.25) is 18.1 Å². The Morgan fingerprint density at radius 1 is 0.741 bits per heavy atom. The van der Waals surface area contributed by atoms with Gasteiger partial charge in [-0.15, -0.1) is 7.77 Å². The first-order chi connectivity index (χ1) is 11.6. The van der Waals surface area contributed by atoms with Crippen LogP contribution in [0, 0.1) is 11.3 Å². The van der Waals surface area contributed by atoms with Gasteiger partial charge < -0.3 is 0 Å². The lowest BCUT2D eigenvalue weighted by atomic mass is 10.5. The van der Waals surface area contributed by atoms with E-state index in [0.717, 1.165) is 0 Å². The van der Waals surface area contributed by atoms with Gasteiger partial charge >= 0.3 is 20.4 Å². The summed E-state index contributed by atoms with van der Waals surface area (Å²) in [5, 5.41) is 7.32. The van der Waals surface area contributed by atoms with Gasteiger partial charge in [0.25, 0.3) is 0 Å². The van der Waals surface area contributed by atoms with Crippen LogP contribution in [0.15, 0.2) is 0 Å². The van der Waals surface area contributed by atoms with Crippen LogP contribution >= 0.6 is 21.4 Å². The van der Waals surface area contributed by atoms with Crippen LogP contribution in [-0.2, 0) is 48.1 Å². The molecular formula is C8H11Cl2F2NO10S4. The van der Waals surface area contributed by atoms with E-state index in [1.54, 1.807) is 6.07 Å². The van der Waals surface area contributed by atoms with Crippen LogP contribution in [0.4, 0.5) is 7.77 Å². The predicted octanol–water partition coefficient (Wildman–Crippen LogP) is -0.623. The smallest absolute Gasteiger partial charge is 0.297 e. The maximum atomic E-state index is 11.6. The van der Waals surface area contributed by atoms with Crippen molar-refractivity contribution in [3.05, 3.63) is 0 Å². The lowest BCUT2D eigenvalue weighted by molar-refractivity contribution is -0.115. The van der Waals surface area contributed by atoms with Crippen LogP contribution in [0.25, 0.3) is 0 Å². The van der Waals surface area contributed by atoms with Gasteiger partial charge in [-0.1, -0.05) is 0 Å². The minimum atomic E-state index is -5.08. The molecule has 11 nitrogen and oxygen atoms in total. The molecule has 160 valence electrons. The number of hydrogen-bond donors (Lipinski definition) is 0. The van der Waals surface area contributed by atoms with Gasteiger partial charge in [0.05, 0.1) is 6.07 Å². The molecule has 0 unspecified atom stereocenters. The van der Waals surface area contributed by atoms with Crippen LogP contribution in [0.3, 0.4) is 0 Å². The number of rotatable bonds is 8. The lowest BCUT2D eigenvalue weighted by Crippen LogP contribution is -2.19. The third-order valence-corrected chi connectivity index (χ3v) is 4.66. The first kappa shape index (κ1) is 30.8. The average Bonchev–Trinajstić information content (AvgIpc) is 2.17. The molecule has 0 amide bonds. The number of nitrogens with zero attached hydrogens (tertiary/aromatic N) is 1. The summed E-state index contributed by atoms with van der Waals surface area (Å²) in [5.74, 6) is -7.88. The maximum Gasteiger partial charge on any atom is 0.309 e. The molecule has 0 aliphatic rings. The summed E-state index contributed by atoms with van der Waals surface area (Å²) in [7, 11) is -8.80. The Morgan fingerprint density at radius 2 is 0.926 bits per heavy atom. The molecule has 0 saturated carbocycles. The number of nitriles is 1. The molecule has 19 heteroatoms. The molecule has 27 heavy (non-hydrogen) atoms. The molecule has 0 atom stereocenters. The molecule has 0 aromatic carbocycles. The highest BCUT2D eigenvalue weighted by Gasteiger charge is 2.21. The Labute approximate surface area is 163 Å². The number of halogens is 4. The summed E-state index contributed by atoms with van der Waals surface area (Å²) in [6.45, 7) is 1.43. The second-order valence-corrected chi connectivity index (χ2v) is 12.3. The van der Waals surface area contributed by atoms with Crippen molar-refractivity contribution in [2.45, 2.75) is 6.92 Å². The van der Waals surface area contributed by atoms with E-state index < -0.39 is 73.1 Å². The van der Waals surface area contributed by atoms with Crippen molar-refractivity contribution in [1.29, 1.82) is 5.26 Å². The molecule has 0 saturated heterocycles. The minimum absolute atomic E-state index is 1.03. The second-order valence-electron chi connectivity index (χ2n) is 4.03. The molecule has 0 heterocycles. The van der Waals surface area contributed by atoms with Crippen molar-refractivity contribution < 1.29 is 51.0 Å². The largest absolute Gasteiger partial charge is 0.309 e. The van der Waals surface area contributed by atoms with Crippen LogP contribution in [0.5, 0.6) is 0 Å². The molecule has 0 fully saturated rings. The summed E-state index contributed by atoms with van der Waals surface area (Å²) in [5.41, 5.74) is 0. The van der Waals surface area contributed by atoms with Gasteiger partial charge in [-0.05, 0) is 0 Å². The van der Waals surface area contributed by atoms with Gasteiger partial charge in [-0.3, -0.25) is 9.59 Å². The van der Waals surface area contributed by atoms with E-state index >= 15 is 0 Å². The fourth-order valence-corrected chi connectivity index (χ4v) is 3.79. The zero-order valence-electron chi connectivity index (χ0n) is 13.0. The Bertz CT molecular complexity index is 832. The Balaban J connectivity index is -0.000000372. The summed E-state index contributed by atoms with van der Waals surface area (Å²) < 4.78 is 103. The summed E-state index contributed by atoms with van der Waals surface area (Å²) in [6.07, 6.45) is 0. The van der Waals surface area contributed by atoms with Gasteiger partial charge in [0.1, 0.15) is 23.0 Å². The number of ketones is 2. The van der Waals surface area contributed by atoms with Gasteiger partial charge in [-0.2, -0.15) is 22.1 Å². The third kappa shape index (κ3) is 36.7. The van der Waals surface area contributed by atoms with Crippen molar-refractivity contribution in [3.8, 4) is 6.07 Å². The first-order valence-corrected chi connectivity index (χ1v) is 13.7. The highest BCUT2D eigenvalue weighted by Crippen LogP contribution is 2.01. The van der Waals surface area contributed by atoms with Gasteiger partial charge in [-0.25, -0.2) is 16.8 Å². The van der Waals surface area contributed by atoms with Crippen LogP contribution in [-0.4, -0.2) is 68.2 Å². The highest BCUT2D eigenvalue weighted by atomic mass is 35.7. The zero-order valence-corrected chi connectivity index (χ0v) is 17.8. The third-order valence-electron chi connectivity index (χ3n) is 1.33. The summed E-state index contributed by atoms with van der Waals surface area (Å²) >= 11 is 0. The van der Waals surface area contributed by atoms with Crippen molar-refractivity contribution in [1.82, 2.24) is 0 Å². The summed E-state index contributed by atoms with van der Waals surface area (Å²) in [4.78, 5) is 20.8. The Kier molecular flexibility index (Phi) is 14.3. The highest BCUT2D eigenvalue weighted by molar-refractivity contribution is 8.15. The molecule has 0 aliphatic heterocycles. The van der Waals surface area contributed by atoms with Crippen molar-refractivity contribution in [2.75, 3.05) is 23.0 Å².